The number of hydrogen-bond acceptors (Lipinski definition) is 2. The van der Waals surface area contributed by atoms with Crippen molar-refractivity contribution >= 4 is 26.0 Å². The highest BCUT2D eigenvalue weighted by molar-refractivity contribution is 9.10. The molecule has 0 aromatic heterocycles. The van der Waals surface area contributed by atoms with E-state index in [2.05, 4.69) is 15.9 Å². The van der Waals surface area contributed by atoms with Crippen LogP contribution in [0.1, 0.15) is 33.1 Å². The van der Waals surface area contributed by atoms with E-state index in [1.54, 1.807) is 4.31 Å². The molecule has 0 radical (unpaired) electrons. The minimum absolute atomic E-state index is 0.00750. The van der Waals surface area contributed by atoms with Crippen LogP contribution < -0.4 is 0 Å². The Hall–Kier alpha value is -0.460. The first-order valence-electron chi connectivity index (χ1n) is 6.36. The van der Waals surface area contributed by atoms with E-state index in [1.165, 1.54) is 18.2 Å². The first-order valence-corrected chi connectivity index (χ1v) is 8.59. The van der Waals surface area contributed by atoms with E-state index in [9.17, 15) is 12.8 Å². The van der Waals surface area contributed by atoms with Crippen molar-refractivity contribution in [3.8, 4) is 0 Å². The van der Waals surface area contributed by atoms with Gasteiger partial charge in [-0.3, -0.25) is 0 Å². The van der Waals surface area contributed by atoms with E-state index >= 15 is 0 Å². The Bertz CT molecular complexity index is 576. The summed E-state index contributed by atoms with van der Waals surface area (Å²) in [6.07, 6.45) is 2.55. The molecule has 0 spiro atoms. The second-order valence-corrected chi connectivity index (χ2v) is 7.56. The van der Waals surface area contributed by atoms with Crippen LogP contribution in [-0.4, -0.2) is 24.8 Å². The minimum atomic E-state index is -3.58. The quantitative estimate of drug-likeness (QED) is 0.836. The summed E-state index contributed by atoms with van der Waals surface area (Å²) in [6, 6.07) is 3.73. The van der Waals surface area contributed by atoms with Crippen LogP contribution in [0, 0.1) is 5.82 Å². The number of benzene rings is 1. The van der Waals surface area contributed by atoms with Gasteiger partial charge in [0.25, 0.3) is 0 Å². The van der Waals surface area contributed by atoms with Crippen molar-refractivity contribution in [1.29, 1.82) is 0 Å². The van der Waals surface area contributed by atoms with E-state index in [0.717, 1.165) is 19.3 Å². The molecule has 106 valence electrons. The molecule has 19 heavy (non-hydrogen) atoms. The fourth-order valence-corrected chi connectivity index (χ4v) is 5.63. The van der Waals surface area contributed by atoms with Crippen LogP contribution in [0.3, 0.4) is 0 Å². The molecule has 2 unspecified atom stereocenters. The van der Waals surface area contributed by atoms with Gasteiger partial charge in [-0.15, -0.1) is 0 Å². The Kier molecular flexibility index (Phi) is 4.32. The normalized spacial score (nSPS) is 24.8. The van der Waals surface area contributed by atoms with E-state index in [1.807, 2.05) is 13.8 Å². The highest BCUT2D eigenvalue weighted by Crippen LogP contribution is 2.34. The fraction of sp³-hybridized carbons (Fsp3) is 0.538. The maximum Gasteiger partial charge on any atom is 0.244 e. The standard InChI is InChI=1S/C13H17BrFNO2S/c1-3-11-6-4-9(2)16(11)19(17,18)13-7-5-10(15)8-12(13)14/h5,7-9,11H,3-4,6H2,1-2H3. The molecule has 0 aliphatic carbocycles. The molecule has 0 bridgehead atoms. The summed E-state index contributed by atoms with van der Waals surface area (Å²) in [7, 11) is -3.58. The monoisotopic (exact) mass is 349 g/mol. The van der Waals surface area contributed by atoms with E-state index < -0.39 is 15.8 Å². The van der Waals surface area contributed by atoms with Crippen molar-refractivity contribution in [3.63, 3.8) is 0 Å². The van der Waals surface area contributed by atoms with Gasteiger partial charge in [0, 0.05) is 16.6 Å². The van der Waals surface area contributed by atoms with Crippen molar-refractivity contribution in [2.45, 2.75) is 50.1 Å². The maximum atomic E-state index is 13.1. The van der Waals surface area contributed by atoms with Crippen LogP contribution in [0.4, 0.5) is 4.39 Å². The molecule has 1 aromatic rings. The predicted octanol–water partition coefficient (Wildman–Crippen LogP) is 3.54. The molecular weight excluding hydrogens is 333 g/mol. The number of nitrogens with zero attached hydrogens (tertiary/aromatic N) is 1. The number of hydrogen-bond donors (Lipinski definition) is 0. The van der Waals surface area contributed by atoms with Gasteiger partial charge in [-0.05, 0) is 60.3 Å². The lowest BCUT2D eigenvalue weighted by atomic mass is 10.2. The molecule has 1 saturated heterocycles. The van der Waals surface area contributed by atoms with Crippen molar-refractivity contribution < 1.29 is 12.8 Å². The minimum Gasteiger partial charge on any atom is -0.207 e. The number of sulfonamides is 1. The molecule has 0 amide bonds. The zero-order chi connectivity index (χ0) is 14.2. The van der Waals surface area contributed by atoms with E-state index in [0.29, 0.717) is 0 Å². The summed E-state index contributed by atoms with van der Waals surface area (Å²) in [5.74, 6) is -0.452. The lowest BCUT2D eigenvalue weighted by Gasteiger charge is -2.27. The van der Waals surface area contributed by atoms with Gasteiger partial charge in [0.2, 0.25) is 10.0 Å². The highest BCUT2D eigenvalue weighted by Gasteiger charge is 2.39. The van der Waals surface area contributed by atoms with Crippen LogP contribution in [0.2, 0.25) is 0 Å². The topological polar surface area (TPSA) is 37.4 Å². The van der Waals surface area contributed by atoms with Crippen LogP contribution in [-0.2, 0) is 10.0 Å². The molecule has 1 fully saturated rings. The highest BCUT2D eigenvalue weighted by atomic mass is 79.9. The average molecular weight is 350 g/mol. The van der Waals surface area contributed by atoms with Gasteiger partial charge < -0.3 is 0 Å². The van der Waals surface area contributed by atoms with Gasteiger partial charge in [-0.1, -0.05) is 6.92 Å². The van der Waals surface area contributed by atoms with Crippen LogP contribution in [0.25, 0.3) is 0 Å². The smallest absolute Gasteiger partial charge is 0.207 e. The Labute approximate surface area is 122 Å². The zero-order valence-electron chi connectivity index (χ0n) is 10.9. The van der Waals surface area contributed by atoms with Gasteiger partial charge in [-0.25, -0.2) is 12.8 Å². The summed E-state index contributed by atoms with van der Waals surface area (Å²) in [6.45, 7) is 3.91. The molecule has 1 aliphatic heterocycles. The fourth-order valence-electron chi connectivity index (χ4n) is 2.66. The van der Waals surface area contributed by atoms with Crippen LogP contribution in [0.5, 0.6) is 0 Å². The molecule has 1 aliphatic rings. The second kappa shape index (κ2) is 5.50. The third-order valence-electron chi connectivity index (χ3n) is 3.63. The zero-order valence-corrected chi connectivity index (χ0v) is 13.3. The van der Waals surface area contributed by atoms with Crippen LogP contribution >= 0.6 is 15.9 Å². The third-order valence-corrected chi connectivity index (χ3v) is 6.68. The van der Waals surface area contributed by atoms with Gasteiger partial charge >= 0.3 is 0 Å². The summed E-state index contributed by atoms with van der Waals surface area (Å²) in [5, 5.41) is 0. The largest absolute Gasteiger partial charge is 0.244 e. The van der Waals surface area contributed by atoms with Crippen molar-refractivity contribution in [2.24, 2.45) is 0 Å². The molecule has 3 nitrogen and oxygen atoms in total. The number of rotatable bonds is 3. The van der Waals surface area contributed by atoms with E-state index in [-0.39, 0.29) is 21.5 Å². The Morgan fingerprint density at radius 2 is 2.11 bits per heavy atom. The molecule has 1 aromatic carbocycles. The van der Waals surface area contributed by atoms with Crippen molar-refractivity contribution in [1.82, 2.24) is 4.31 Å². The molecule has 2 atom stereocenters. The predicted molar refractivity (Wildman–Crippen MR) is 75.9 cm³/mol. The Balaban J connectivity index is 2.47. The molecule has 2 rings (SSSR count). The molecule has 0 N–H and O–H groups in total. The van der Waals surface area contributed by atoms with Crippen LogP contribution in [0.15, 0.2) is 27.6 Å². The molecular formula is C13H17BrFNO2S. The average Bonchev–Trinajstić information content (AvgIpc) is 2.70. The SMILES string of the molecule is CCC1CCC(C)N1S(=O)(=O)c1ccc(F)cc1Br. The molecule has 0 saturated carbocycles. The van der Waals surface area contributed by atoms with Gasteiger partial charge in [0.1, 0.15) is 5.82 Å². The molecule has 1 heterocycles. The van der Waals surface area contributed by atoms with Crippen molar-refractivity contribution in [3.05, 3.63) is 28.5 Å². The number of halogens is 2. The van der Waals surface area contributed by atoms with E-state index in [4.69, 9.17) is 0 Å². The summed E-state index contributed by atoms with van der Waals surface area (Å²) >= 11 is 3.15. The summed E-state index contributed by atoms with van der Waals surface area (Å²) < 4.78 is 40.4. The molecule has 6 heteroatoms. The third kappa shape index (κ3) is 2.71. The summed E-state index contributed by atoms with van der Waals surface area (Å²) in [4.78, 5) is 0.140. The van der Waals surface area contributed by atoms with Crippen molar-refractivity contribution in [2.75, 3.05) is 0 Å². The van der Waals surface area contributed by atoms with Gasteiger partial charge in [-0.2, -0.15) is 4.31 Å². The van der Waals surface area contributed by atoms with Gasteiger partial charge in [0.05, 0.1) is 4.90 Å². The summed E-state index contributed by atoms with van der Waals surface area (Å²) in [5.41, 5.74) is 0. The van der Waals surface area contributed by atoms with Gasteiger partial charge in [0.15, 0.2) is 0 Å². The lowest BCUT2D eigenvalue weighted by molar-refractivity contribution is 0.328. The Morgan fingerprint density at radius 1 is 1.42 bits per heavy atom. The Morgan fingerprint density at radius 3 is 2.68 bits per heavy atom. The lowest BCUT2D eigenvalue weighted by Crippen LogP contribution is -2.39. The maximum absolute atomic E-state index is 13.1. The first kappa shape index (κ1) is 14.9. The first-order chi connectivity index (χ1) is 8.87. The second-order valence-electron chi connectivity index (χ2n) is 4.90.